The van der Waals surface area contributed by atoms with E-state index in [1.54, 1.807) is 7.11 Å². The van der Waals surface area contributed by atoms with Crippen molar-refractivity contribution in [2.45, 2.75) is 6.42 Å². The number of carbonyl (C=O) groups excluding carboxylic acids is 2. The van der Waals surface area contributed by atoms with Gasteiger partial charge in [-0.3, -0.25) is 4.79 Å². The van der Waals surface area contributed by atoms with Gasteiger partial charge in [-0.1, -0.05) is 35.9 Å². The highest BCUT2D eigenvalue weighted by molar-refractivity contribution is 6.33. The van der Waals surface area contributed by atoms with E-state index in [4.69, 9.17) is 21.1 Å². The highest BCUT2D eigenvalue weighted by atomic mass is 35.5. The van der Waals surface area contributed by atoms with Crippen molar-refractivity contribution in [1.29, 1.82) is 0 Å². The van der Waals surface area contributed by atoms with Crippen molar-refractivity contribution in [2.24, 2.45) is 0 Å². The van der Waals surface area contributed by atoms with Crippen LogP contribution in [0.1, 0.15) is 15.9 Å². The van der Waals surface area contributed by atoms with E-state index in [0.29, 0.717) is 13.0 Å². The molecule has 25 heavy (non-hydrogen) atoms. The summed E-state index contributed by atoms with van der Waals surface area (Å²) in [5, 5.41) is 2.55. The van der Waals surface area contributed by atoms with E-state index in [1.165, 1.54) is 12.1 Å². The molecule has 0 spiro atoms. The summed E-state index contributed by atoms with van der Waals surface area (Å²) in [7, 11) is 1.57. The van der Waals surface area contributed by atoms with Crippen molar-refractivity contribution in [1.82, 2.24) is 5.32 Å². The molecule has 0 aromatic heterocycles. The molecule has 0 saturated heterocycles. The average molecular weight is 366 g/mol. The molecule has 0 aliphatic rings. The van der Waals surface area contributed by atoms with Gasteiger partial charge in [-0.2, -0.15) is 0 Å². The largest absolute Gasteiger partial charge is 0.496 e. The Hall–Kier alpha value is -2.60. The molecule has 0 aliphatic heterocycles. The van der Waals surface area contributed by atoms with E-state index in [2.05, 4.69) is 5.32 Å². The number of ether oxygens (including phenoxy) is 2. The fourth-order valence-corrected chi connectivity index (χ4v) is 2.43. The molecule has 5 nitrogen and oxygen atoms in total. The monoisotopic (exact) mass is 365 g/mol. The lowest BCUT2D eigenvalue weighted by Gasteiger charge is -2.10. The molecule has 0 atom stereocenters. The summed E-state index contributed by atoms with van der Waals surface area (Å²) >= 11 is 5.77. The summed E-state index contributed by atoms with van der Waals surface area (Å²) in [5.41, 5.74) is 0.562. The summed E-state index contributed by atoms with van der Waals surface area (Å²) in [6.07, 6.45) is 0.558. The van der Waals surface area contributed by atoms with E-state index in [-0.39, 0.29) is 10.6 Å². The Labute approximate surface area is 149 Å². The number of nitrogens with one attached hydrogen (secondary N) is 1. The summed E-state index contributed by atoms with van der Waals surface area (Å²) in [5.74, 6) is -1.54. The number of hydrogen-bond donors (Lipinski definition) is 1. The first kappa shape index (κ1) is 18.7. The van der Waals surface area contributed by atoms with Crippen LogP contribution in [0, 0.1) is 5.82 Å². The van der Waals surface area contributed by atoms with Gasteiger partial charge in [-0.05, 0) is 30.2 Å². The minimum absolute atomic E-state index is 0.0680. The third-order valence-electron chi connectivity index (χ3n) is 3.41. The van der Waals surface area contributed by atoms with E-state index in [9.17, 15) is 14.0 Å². The molecule has 0 fully saturated rings. The van der Waals surface area contributed by atoms with Crippen LogP contribution in [0.2, 0.25) is 5.02 Å². The van der Waals surface area contributed by atoms with E-state index < -0.39 is 24.3 Å². The van der Waals surface area contributed by atoms with Crippen molar-refractivity contribution in [3.05, 3.63) is 64.4 Å². The van der Waals surface area contributed by atoms with Gasteiger partial charge in [0.1, 0.15) is 17.1 Å². The van der Waals surface area contributed by atoms with Crippen LogP contribution < -0.4 is 10.1 Å². The molecule has 1 amide bonds. The predicted octanol–water partition coefficient (Wildman–Crippen LogP) is 3.00. The van der Waals surface area contributed by atoms with Crippen LogP contribution in [-0.2, 0) is 16.0 Å². The third kappa shape index (κ3) is 5.19. The van der Waals surface area contributed by atoms with Crippen molar-refractivity contribution < 1.29 is 23.5 Å². The summed E-state index contributed by atoms with van der Waals surface area (Å²) in [6.45, 7) is -0.174. The molecule has 0 radical (unpaired) electrons. The van der Waals surface area contributed by atoms with Gasteiger partial charge in [0.2, 0.25) is 0 Å². The van der Waals surface area contributed by atoms with Crippen LogP contribution in [0.25, 0.3) is 0 Å². The number of carbonyl (C=O) groups is 2. The van der Waals surface area contributed by atoms with Crippen LogP contribution in [0.3, 0.4) is 0 Å². The van der Waals surface area contributed by atoms with E-state index in [1.807, 2.05) is 24.3 Å². The van der Waals surface area contributed by atoms with Crippen LogP contribution in [-0.4, -0.2) is 32.1 Å². The minimum atomic E-state index is -0.983. The number of halogens is 2. The molecule has 1 N–H and O–H groups in total. The first-order valence-corrected chi connectivity index (χ1v) is 7.90. The molecule has 0 heterocycles. The summed E-state index contributed by atoms with van der Waals surface area (Å²) in [4.78, 5) is 23.6. The maximum atomic E-state index is 13.6. The normalized spacial score (nSPS) is 10.2. The first-order chi connectivity index (χ1) is 12.0. The zero-order chi connectivity index (χ0) is 18.2. The van der Waals surface area contributed by atoms with Gasteiger partial charge in [0.05, 0.1) is 12.1 Å². The van der Waals surface area contributed by atoms with Gasteiger partial charge in [0.15, 0.2) is 6.61 Å². The molecule has 0 bridgehead atoms. The van der Waals surface area contributed by atoms with Crippen LogP contribution in [0.4, 0.5) is 4.39 Å². The molecule has 0 aliphatic carbocycles. The molecular formula is C18H17ClFNO4. The van der Waals surface area contributed by atoms with Gasteiger partial charge in [-0.15, -0.1) is 0 Å². The minimum Gasteiger partial charge on any atom is -0.496 e. The molecule has 0 saturated carbocycles. The van der Waals surface area contributed by atoms with Crippen molar-refractivity contribution in [3.8, 4) is 5.75 Å². The van der Waals surface area contributed by atoms with Crippen molar-refractivity contribution in [3.63, 3.8) is 0 Å². The maximum absolute atomic E-state index is 13.6. The number of methoxy groups -OCH3 is 1. The fraction of sp³-hybridized carbons (Fsp3) is 0.222. The van der Waals surface area contributed by atoms with Crippen LogP contribution in [0.15, 0.2) is 42.5 Å². The highest BCUT2D eigenvalue weighted by Crippen LogP contribution is 2.20. The Bertz CT molecular complexity index is 746. The smallest absolute Gasteiger partial charge is 0.343 e. The van der Waals surface area contributed by atoms with Crippen molar-refractivity contribution >= 4 is 23.5 Å². The maximum Gasteiger partial charge on any atom is 0.343 e. The summed E-state index contributed by atoms with van der Waals surface area (Å²) in [6, 6.07) is 11.3. The Morgan fingerprint density at radius 1 is 1.16 bits per heavy atom. The highest BCUT2D eigenvalue weighted by Gasteiger charge is 2.18. The molecule has 2 aromatic carbocycles. The second-order valence-electron chi connectivity index (χ2n) is 5.08. The Balaban J connectivity index is 1.80. The quantitative estimate of drug-likeness (QED) is 0.766. The van der Waals surface area contributed by atoms with Crippen molar-refractivity contribution in [2.75, 3.05) is 20.3 Å². The van der Waals surface area contributed by atoms with Gasteiger partial charge in [-0.25, -0.2) is 9.18 Å². The predicted molar refractivity (Wildman–Crippen MR) is 91.4 cm³/mol. The standard InChI is InChI=1S/C18H17ClFNO4/c1-24-15-8-3-2-5-12(15)9-10-21-16(22)11-25-18(23)17-13(19)6-4-7-14(17)20/h2-8H,9-11H2,1H3,(H,21,22). The topological polar surface area (TPSA) is 64.6 Å². The second-order valence-corrected chi connectivity index (χ2v) is 5.49. The SMILES string of the molecule is COc1ccccc1CCNC(=O)COC(=O)c1c(F)cccc1Cl. The average Bonchev–Trinajstić information content (AvgIpc) is 2.60. The Morgan fingerprint density at radius 2 is 1.92 bits per heavy atom. The number of esters is 1. The zero-order valence-corrected chi connectivity index (χ0v) is 14.3. The lowest BCUT2D eigenvalue weighted by molar-refractivity contribution is -0.124. The van der Waals surface area contributed by atoms with E-state index in [0.717, 1.165) is 17.4 Å². The van der Waals surface area contributed by atoms with Crippen LogP contribution >= 0.6 is 11.6 Å². The number of benzene rings is 2. The molecule has 2 aromatic rings. The van der Waals surface area contributed by atoms with Gasteiger partial charge >= 0.3 is 5.97 Å². The number of para-hydroxylation sites is 1. The van der Waals surface area contributed by atoms with Gasteiger partial charge in [0.25, 0.3) is 5.91 Å². The number of rotatable bonds is 7. The molecular weight excluding hydrogens is 349 g/mol. The van der Waals surface area contributed by atoms with Gasteiger partial charge < -0.3 is 14.8 Å². The number of amides is 1. The van der Waals surface area contributed by atoms with Crippen LogP contribution in [0.5, 0.6) is 5.75 Å². The zero-order valence-electron chi connectivity index (χ0n) is 13.6. The number of hydrogen-bond acceptors (Lipinski definition) is 4. The molecule has 2 rings (SSSR count). The lowest BCUT2D eigenvalue weighted by atomic mass is 10.1. The molecule has 132 valence electrons. The fourth-order valence-electron chi connectivity index (χ4n) is 2.19. The Morgan fingerprint density at radius 3 is 2.64 bits per heavy atom. The van der Waals surface area contributed by atoms with E-state index >= 15 is 0 Å². The lowest BCUT2D eigenvalue weighted by Crippen LogP contribution is -2.30. The molecule has 7 heteroatoms. The third-order valence-corrected chi connectivity index (χ3v) is 3.73. The molecule has 0 unspecified atom stereocenters. The van der Waals surface area contributed by atoms with Gasteiger partial charge in [0, 0.05) is 6.54 Å². The first-order valence-electron chi connectivity index (χ1n) is 7.52. The second kappa shape index (κ2) is 9.03. The Kier molecular flexibility index (Phi) is 6.77. The summed E-state index contributed by atoms with van der Waals surface area (Å²) < 4.78 is 23.6.